The van der Waals surface area contributed by atoms with Crippen LogP contribution in [0.5, 0.6) is 11.5 Å². The molecule has 0 spiro atoms. The molecule has 0 aliphatic rings. The Hall–Kier alpha value is -2.87. The average Bonchev–Trinajstić information content (AvgIpc) is 2.94. The van der Waals surface area contributed by atoms with E-state index < -0.39 is 19.5 Å². The molecule has 0 heterocycles. The van der Waals surface area contributed by atoms with Crippen molar-refractivity contribution in [2.75, 3.05) is 19.8 Å². The number of carbonyl (C=O) groups excluding carboxylic acids is 2. The molecule has 1 atom stereocenters. The van der Waals surface area contributed by atoms with Gasteiger partial charge < -0.3 is 24.1 Å². The normalized spacial score (nSPS) is 12.8. The summed E-state index contributed by atoms with van der Waals surface area (Å²) in [4.78, 5) is 24.5. The largest absolute Gasteiger partial charge is 0.530 e. The Bertz CT molecular complexity index is 1070. The van der Waals surface area contributed by atoms with Crippen molar-refractivity contribution in [3.05, 3.63) is 59.7 Å². The number of carbonyl (C=O) groups is 2. The predicted octanol–water partition coefficient (Wildman–Crippen LogP) is 7.41. The fourth-order valence-corrected chi connectivity index (χ4v) is 4.84. The van der Waals surface area contributed by atoms with Crippen LogP contribution in [-0.2, 0) is 36.2 Å². The van der Waals surface area contributed by atoms with Crippen LogP contribution in [0.4, 0.5) is 4.79 Å². The number of amides is 1. The fraction of sp³-hybridized carbons (Fsp3) is 0.533. The zero-order valence-corrected chi connectivity index (χ0v) is 25.1. The third-order valence-electron chi connectivity index (χ3n) is 5.90. The number of nitrogens with one attached hydrogen (secondary N) is 1. The summed E-state index contributed by atoms with van der Waals surface area (Å²) in [6.07, 6.45) is 5.05. The summed E-state index contributed by atoms with van der Waals surface area (Å²) < 4.78 is 41.7. The number of ether oxygens (including phenoxy) is 2. The fourth-order valence-electron chi connectivity index (χ4n) is 3.56. The molecule has 1 amide bonds. The lowest BCUT2D eigenvalue weighted by Crippen LogP contribution is -2.49. The molecule has 0 bridgehead atoms. The van der Waals surface area contributed by atoms with Gasteiger partial charge in [0.2, 0.25) is 0 Å². The van der Waals surface area contributed by atoms with Crippen molar-refractivity contribution in [2.45, 2.75) is 84.8 Å². The maximum Gasteiger partial charge on any atom is 0.530 e. The molecule has 222 valence electrons. The molecule has 0 saturated heterocycles. The molecule has 2 aromatic rings. The minimum Gasteiger partial charge on any atom is -0.490 e. The van der Waals surface area contributed by atoms with Crippen LogP contribution >= 0.6 is 7.82 Å². The van der Waals surface area contributed by atoms with Gasteiger partial charge in [0.15, 0.2) is 11.5 Å². The summed E-state index contributed by atoms with van der Waals surface area (Å²) in [6, 6.07) is 14.3. The lowest BCUT2D eigenvalue weighted by atomic mass is 9.94. The Morgan fingerprint density at radius 2 is 1.50 bits per heavy atom. The van der Waals surface area contributed by atoms with E-state index in [-0.39, 0.29) is 32.0 Å². The molecule has 0 saturated carbocycles. The van der Waals surface area contributed by atoms with Gasteiger partial charge in [-0.2, -0.15) is 0 Å². The van der Waals surface area contributed by atoms with E-state index in [9.17, 15) is 14.2 Å². The first-order valence-corrected chi connectivity index (χ1v) is 15.5. The number of alkyl carbamates (subject to hydrolysis) is 1. The highest BCUT2D eigenvalue weighted by Crippen LogP contribution is 2.52. The van der Waals surface area contributed by atoms with Crippen LogP contribution in [0.2, 0.25) is 0 Å². The number of hydrogen-bond donors (Lipinski definition) is 1. The van der Waals surface area contributed by atoms with E-state index in [0.717, 1.165) is 31.2 Å². The standard InChI is InChI=1S/C30H44NO8P/c1-5-8-18-35-28-21-26(16-17-27(28)39-40(34,37-19-9-6-2)38-20-10-7-3)22-30(4,24-32)31-29(33)36-23-25-14-12-11-13-15-25/h11-17,21,24H,5-10,18-20,22-23H2,1-4H3,(H,31,33)/t30-/m0/s1. The number of phosphoric ester groups is 1. The first kappa shape index (κ1) is 33.3. The summed E-state index contributed by atoms with van der Waals surface area (Å²) in [5.74, 6) is 0.573. The molecule has 9 nitrogen and oxygen atoms in total. The average molecular weight is 578 g/mol. The van der Waals surface area contributed by atoms with Crippen LogP contribution < -0.4 is 14.6 Å². The molecule has 0 aliphatic heterocycles. The van der Waals surface area contributed by atoms with Crippen molar-refractivity contribution in [2.24, 2.45) is 0 Å². The second-order valence-corrected chi connectivity index (χ2v) is 11.4. The van der Waals surface area contributed by atoms with E-state index in [4.69, 9.17) is 23.0 Å². The minimum atomic E-state index is -3.89. The highest BCUT2D eigenvalue weighted by Gasteiger charge is 2.31. The van der Waals surface area contributed by atoms with Crippen LogP contribution in [0.15, 0.2) is 48.5 Å². The molecule has 0 fully saturated rings. The lowest BCUT2D eigenvalue weighted by molar-refractivity contribution is -0.112. The van der Waals surface area contributed by atoms with Crippen molar-refractivity contribution < 1.29 is 37.2 Å². The molecular formula is C30H44NO8P. The van der Waals surface area contributed by atoms with Crippen LogP contribution in [0, 0.1) is 0 Å². The predicted molar refractivity (Wildman–Crippen MR) is 155 cm³/mol. The van der Waals surface area contributed by atoms with Crippen LogP contribution in [0.25, 0.3) is 0 Å². The highest BCUT2D eigenvalue weighted by molar-refractivity contribution is 7.48. The quantitative estimate of drug-likeness (QED) is 0.0984. The van der Waals surface area contributed by atoms with E-state index >= 15 is 0 Å². The van der Waals surface area contributed by atoms with Gasteiger partial charge in [0, 0.05) is 6.42 Å². The third-order valence-corrected chi connectivity index (χ3v) is 7.32. The SMILES string of the molecule is CCCCOc1cc(C[C@@](C)(C=O)NC(=O)OCc2ccccc2)ccc1OP(=O)(OCCCC)OCCCC. The van der Waals surface area contributed by atoms with Crippen molar-refractivity contribution in [3.8, 4) is 11.5 Å². The summed E-state index contributed by atoms with van der Waals surface area (Å²) >= 11 is 0. The molecule has 0 radical (unpaired) electrons. The molecule has 40 heavy (non-hydrogen) atoms. The van der Waals surface area contributed by atoms with Crippen molar-refractivity contribution in [1.29, 1.82) is 0 Å². The Balaban J connectivity index is 2.19. The lowest BCUT2D eigenvalue weighted by Gasteiger charge is -2.25. The molecule has 0 aliphatic carbocycles. The molecule has 1 N–H and O–H groups in total. The highest BCUT2D eigenvalue weighted by atomic mass is 31.2. The minimum absolute atomic E-state index is 0.0871. The number of hydrogen-bond acceptors (Lipinski definition) is 8. The van der Waals surface area contributed by atoms with E-state index in [2.05, 4.69) is 5.32 Å². The van der Waals surface area contributed by atoms with Crippen molar-refractivity contribution in [3.63, 3.8) is 0 Å². The first-order chi connectivity index (χ1) is 19.3. The number of phosphoric acid groups is 1. The van der Waals surface area contributed by atoms with Gasteiger partial charge in [-0.15, -0.1) is 0 Å². The number of rotatable bonds is 20. The van der Waals surface area contributed by atoms with E-state index in [1.54, 1.807) is 25.1 Å². The summed E-state index contributed by atoms with van der Waals surface area (Å²) in [6.45, 7) is 8.68. The van der Waals surface area contributed by atoms with Gasteiger partial charge in [0.05, 0.1) is 25.4 Å². The molecule has 2 rings (SSSR count). The topological polar surface area (TPSA) is 109 Å². The van der Waals surface area contributed by atoms with E-state index in [1.165, 1.54) is 0 Å². The maximum absolute atomic E-state index is 13.4. The maximum atomic E-state index is 13.4. The number of unbranched alkanes of at least 4 members (excludes halogenated alkanes) is 3. The molecule has 0 aromatic heterocycles. The van der Waals surface area contributed by atoms with Gasteiger partial charge in [-0.3, -0.25) is 9.05 Å². The summed E-state index contributed by atoms with van der Waals surface area (Å²) in [5.41, 5.74) is 0.300. The zero-order chi connectivity index (χ0) is 29.3. The molecule has 0 unspecified atom stereocenters. The molecular weight excluding hydrogens is 533 g/mol. The van der Waals surface area contributed by atoms with Crippen LogP contribution in [0.1, 0.15) is 77.3 Å². The van der Waals surface area contributed by atoms with Gasteiger partial charge in [-0.25, -0.2) is 9.36 Å². The van der Waals surface area contributed by atoms with Crippen LogP contribution in [-0.4, -0.2) is 37.7 Å². The summed E-state index contributed by atoms with van der Waals surface area (Å²) in [5, 5.41) is 2.66. The Kier molecular flexibility index (Phi) is 14.8. The van der Waals surface area contributed by atoms with E-state index in [1.807, 2.05) is 51.1 Å². The first-order valence-electron chi connectivity index (χ1n) is 14.1. The van der Waals surface area contributed by atoms with Gasteiger partial charge >= 0.3 is 13.9 Å². The van der Waals surface area contributed by atoms with Gasteiger partial charge in [-0.05, 0) is 49.4 Å². The monoisotopic (exact) mass is 577 g/mol. The number of benzene rings is 2. The van der Waals surface area contributed by atoms with Gasteiger partial charge in [0.25, 0.3) is 0 Å². The van der Waals surface area contributed by atoms with Gasteiger partial charge in [0.1, 0.15) is 12.9 Å². The van der Waals surface area contributed by atoms with Crippen LogP contribution in [0.3, 0.4) is 0 Å². The number of aldehydes is 1. The zero-order valence-electron chi connectivity index (χ0n) is 24.2. The smallest absolute Gasteiger partial charge is 0.490 e. The Morgan fingerprint density at radius 3 is 2.10 bits per heavy atom. The second kappa shape index (κ2) is 17.7. The third kappa shape index (κ3) is 12.1. The molecule has 10 heteroatoms. The molecule has 2 aromatic carbocycles. The van der Waals surface area contributed by atoms with Crippen molar-refractivity contribution in [1.82, 2.24) is 5.32 Å². The summed E-state index contributed by atoms with van der Waals surface area (Å²) in [7, 11) is -3.89. The Labute approximate surface area is 238 Å². The van der Waals surface area contributed by atoms with E-state index in [0.29, 0.717) is 37.0 Å². The van der Waals surface area contributed by atoms with Crippen molar-refractivity contribution >= 4 is 20.2 Å². The second-order valence-electron chi connectivity index (χ2n) is 9.79. The Morgan fingerprint density at radius 1 is 0.875 bits per heavy atom. The van der Waals surface area contributed by atoms with Gasteiger partial charge in [-0.1, -0.05) is 76.4 Å².